The van der Waals surface area contributed by atoms with Crippen molar-refractivity contribution in [2.24, 2.45) is 0 Å². The van der Waals surface area contributed by atoms with Gasteiger partial charge < -0.3 is 0 Å². The zero-order valence-corrected chi connectivity index (χ0v) is 13.0. The number of benzene rings is 2. The minimum atomic E-state index is -2.09. The molecule has 3 heteroatoms. The monoisotopic (exact) mass is 298 g/mol. The van der Waals surface area contributed by atoms with E-state index < -0.39 is 9.52 Å². The minimum absolute atomic E-state index is 0.0886. The molecular weight excluding hydrogens is 280 g/mol. The van der Waals surface area contributed by atoms with E-state index in [1.165, 1.54) is 0 Å². The van der Waals surface area contributed by atoms with Gasteiger partial charge in [0.1, 0.15) is 0 Å². The summed E-state index contributed by atoms with van der Waals surface area (Å²) in [6.07, 6.45) is 4.88. The molecule has 0 heterocycles. The fourth-order valence-electron chi connectivity index (χ4n) is 1.95. The number of hydrogen-bond acceptors (Lipinski definition) is 2. The molecule has 2 nitrogen and oxygen atoms in total. The average Bonchev–Trinajstić information content (AvgIpc) is 2.47. The summed E-state index contributed by atoms with van der Waals surface area (Å²) in [7, 11) is -2.09. The molecule has 0 fully saturated rings. The van der Waals surface area contributed by atoms with Crippen molar-refractivity contribution in [2.75, 3.05) is 12.5 Å². The topological polar surface area (TPSA) is 34.1 Å². The van der Waals surface area contributed by atoms with Crippen LogP contribution in [0.5, 0.6) is 0 Å². The van der Waals surface area contributed by atoms with E-state index in [1.807, 2.05) is 48.5 Å². The van der Waals surface area contributed by atoms with Crippen LogP contribution in [0.4, 0.5) is 0 Å². The van der Waals surface area contributed by atoms with Gasteiger partial charge in [0.15, 0.2) is 5.78 Å². The van der Waals surface area contributed by atoms with Crippen molar-refractivity contribution in [2.45, 2.75) is 0 Å². The van der Waals surface area contributed by atoms with Gasteiger partial charge in [-0.1, -0.05) is 60.7 Å². The molecule has 2 aromatic rings. The molecule has 0 radical (unpaired) electrons. The fraction of sp³-hybridized carbons (Fsp3) is 0.111. The summed E-state index contributed by atoms with van der Waals surface area (Å²) in [6, 6.07) is 18.6. The molecule has 0 unspecified atom stereocenters. The lowest BCUT2D eigenvalue weighted by atomic mass is 10.0. The Kier molecular flexibility index (Phi) is 4.76. The molecule has 2 rings (SSSR count). The van der Waals surface area contributed by atoms with Crippen LogP contribution >= 0.6 is 0 Å². The number of hydrogen-bond donors (Lipinski definition) is 0. The van der Waals surface area contributed by atoms with Gasteiger partial charge in [0.05, 0.1) is 0 Å². The standard InChI is InChI=1S/C18H18O2S/c1-21(2,20)14-17(15-9-5-3-6-10-15)13-18(19)16-11-7-4-8-12-16/h3-14H,1-2H3/b17-13+. The molecule has 0 saturated carbocycles. The van der Waals surface area contributed by atoms with E-state index in [0.717, 1.165) is 5.56 Å². The smallest absolute Gasteiger partial charge is 0.186 e. The Bertz CT molecular complexity index is 757. The maximum absolute atomic E-state index is 12.3. The summed E-state index contributed by atoms with van der Waals surface area (Å²) in [4.78, 5) is 12.3. The maximum atomic E-state index is 12.3. The number of rotatable bonds is 4. The van der Waals surface area contributed by atoms with Gasteiger partial charge in [-0.3, -0.25) is 9.00 Å². The molecule has 0 atom stereocenters. The molecular formula is C18H18O2S. The van der Waals surface area contributed by atoms with Gasteiger partial charge in [-0.25, -0.2) is 0 Å². The molecule has 0 bridgehead atoms. The largest absolute Gasteiger partial charge is 0.289 e. The summed E-state index contributed by atoms with van der Waals surface area (Å²) in [6.45, 7) is 0. The lowest BCUT2D eigenvalue weighted by molar-refractivity contribution is 0.104. The van der Waals surface area contributed by atoms with Crippen LogP contribution in [0.25, 0.3) is 5.57 Å². The summed E-state index contributed by atoms with van der Waals surface area (Å²) in [5, 5.41) is 1.67. The Hall–Kier alpha value is -2.13. The van der Waals surface area contributed by atoms with Crippen molar-refractivity contribution >= 4 is 26.2 Å². The van der Waals surface area contributed by atoms with Gasteiger partial charge in [-0.2, -0.15) is 0 Å². The van der Waals surface area contributed by atoms with Crippen molar-refractivity contribution in [3.05, 3.63) is 77.9 Å². The quantitative estimate of drug-likeness (QED) is 0.493. The maximum Gasteiger partial charge on any atom is 0.186 e. The van der Waals surface area contributed by atoms with E-state index in [4.69, 9.17) is 0 Å². The molecule has 21 heavy (non-hydrogen) atoms. The van der Waals surface area contributed by atoms with E-state index >= 15 is 0 Å². The third-order valence-corrected chi connectivity index (χ3v) is 3.68. The average molecular weight is 298 g/mol. The van der Waals surface area contributed by atoms with E-state index in [-0.39, 0.29) is 5.78 Å². The van der Waals surface area contributed by atoms with Gasteiger partial charge in [-0.05, 0) is 32.1 Å². The Labute approximate surface area is 126 Å². The molecule has 0 aliphatic heterocycles. The van der Waals surface area contributed by atoms with Gasteiger partial charge in [-0.15, -0.1) is 0 Å². The van der Waals surface area contributed by atoms with E-state index in [2.05, 4.69) is 0 Å². The molecule has 0 amide bonds. The van der Waals surface area contributed by atoms with Gasteiger partial charge in [0.2, 0.25) is 0 Å². The molecule has 0 N–H and O–H groups in total. The Morgan fingerprint density at radius 3 is 1.81 bits per heavy atom. The molecule has 108 valence electrons. The zero-order chi connectivity index (χ0) is 15.3. The Balaban J connectivity index is 2.48. The Morgan fingerprint density at radius 1 is 0.857 bits per heavy atom. The lowest BCUT2D eigenvalue weighted by Crippen LogP contribution is -2.03. The highest BCUT2D eigenvalue weighted by atomic mass is 32.2. The van der Waals surface area contributed by atoms with Crippen LogP contribution in [0.15, 0.2) is 66.7 Å². The summed E-state index contributed by atoms with van der Waals surface area (Å²) < 4.78 is 12.1. The predicted octanol–water partition coefficient (Wildman–Crippen LogP) is 3.30. The number of carbonyl (C=O) groups is 1. The third-order valence-electron chi connectivity index (χ3n) is 2.86. The van der Waals surface area contributed by atoms with Crippen LogP contribution in [0, 0.1) is 0 Å². The minimum Gasteiger partial charge on any atom is -0.289 e. The third kappa shape index (κ3) is 4.72. The summed E-state index contributed by atoms with van der Waals surface area (Å²) >= 11 is 0. The van der Waals surface area contributed by atoms with Crippen molar-refractivity contribution in [1.29, 1.82) is 0 Å². The van der Waals surface area contributed by atoms with Gasteiger partial charge >= 0.3 is 0 Å². The summed E-state index contributed by atoms with van der Waals surface area (Å²) in [5.74, 6) is -0.0886. The highest BCUT2D eigenvalue weighted by Crippen LogP contribution is 2.14. The van der Waals surface area contributed by atoms with Crippen LogP contribution in [0.3, 0.4) is 0 Å². The van der Waals surface area contributed by atoms with Crippen molar-refractivity contribution < 1.29 is 9.00 Å². The van der Waals surface area contributed by atoms with Crippen LogP contribution in [-0.2, 0) is 9.52 Å². The first kappa shape index (κ1) is 15.3. The van der Waals surface area contributed by atoms with Crippen LogP contribution in [0.2, 0.25) is 0 Å². The fourth-order valence-corrected chi connectivity index (χ4v) is 2.76. The second-order valence-electron chi connectivity index (χ2n) is 5.12. The highest BCUT2D eigenvalue weighted by molar-refractivity contribution is 8.00. The molecule has 0 aromatic heterocycles. The zero-order valence-electron chi connectivity index (χ0n) is 12.2. The highest BCUT2D eigenvalue weighted by Gasteiger charge is 2.06. The van der Waals surface area contributed by atoms with Gasteiger partial charge in [0.25, 0.3) is 0 Å². The molecule has 0 aliphatic carbocycles. The molecule has 2 aromatic carbocycles. The molecule has 0 saturated heterocycles. The second-order valence-corrected chi connectivity index (χ2v) is 7.98. The van der Waals surface area contributed by atoms with E-state index in [9.17, 15) is 9.00 Å². The van der Waals surface area contributed by atoms with Crippen molar-refractivity contribution in [3.8, 4) is 0 Å². The van der Waals surface area contributed by atoms with E-state index in [1.54, 1.807) is 36.1 Å². The molecule has 0 aliphatic rings. The summed E-state index contributed by atoms with van der Waals surface area (Å²) in [5.41, 5.74) is 2.20. The second kappa shape index (κ2) is 6.55. The van der Waals surface area contributed by atoms with Crippen molar-refractivity contribution in [1.82, 2.24) is 0 Å². The predicted molar refractivity (Wildman–Crippen MR) is 91.2 cm³/mol. The normalized spacial score (nSPS) is 12.0. The number of allylic oxidation sites excluding steroid dienone is 2. The van der Waals surface area contributed by atoms with Crippen molar-refractivity contribution in [3.63, 3.8) is 0 Å². The first-order valence-electron chi connectivity index (χ1n) is 6.61. The SMILES string of the molecule is CS(C)(=O)=C/C(=C\C(=O)c1ccccc1)c1ccccc1. The number of carbonyl (C=O) groups excluding carboxylic acids is 1. The van der Waals surface area contributed by atoms with Gasteiger partial charge in [0, 0.05) is 18.1 Å². The Morgan fingerprint density at radius 2 is 1.33 bits per heavy atom. The first-order chi connectivity index (χ1) is 9.96. The van der Waals surface area contributed by atoms with Crippen LogP contribution in [0.1, 0.15) is 15.9 Å². The van der Waals surface area contributed by atoms with Crippen LogP contribution in [-0.4, -0.2) is 27.9 Å². The van der Waals surface area contributed by atoms with E-state index in [0.29, 0.717) is 11.1 Å². The van der Waals surface area contributed by atoms with Crippen LogP contribution < -0.4 is 0 Å². The molecule has 0 spiro atoms. The first-order valence-corrected chi connectivity index (χ1v) is 9.05. The number of ketones is 1. The lowest BCUT2D eigenvalue weighted by Gasteiger charge is -2.05.